The minimum Gasteiger partial charge on any atom is -0.302 e. The monoisotopic (exact) mass is 351 g/mol. The normalized spacial score (nSPS) is 11.3. The first-order chi connectivity index (χ1) is 12.3. The van der Waals surface area contributed by atoms with Gasteiger partial charge in [0, 0.05) is 36.5 Å². The van der Waals surface area contributed by atoms with Crippen LogP contribution in [0, 0.1) is 0 Å². The highest BCUT2D eigenvalue weighted by molar-refractivity contribution is 7.99. The molecule has 0 aliphatic heterocycles. The molecule has 2 aromatic heterocycles. The number of rotatable bonds is 7. The molecule has 25 heavy (non-hydrogen) atoms. The van der Waals surface area contributed by atoms with Crippen molar-refractivity contribution >= 4 is 23.7 Å². The first kappa shape index (κ1) is 17.4. The van der Waals surface area contributed by atoms with Gasteiger partial charge in [-0.25, -0.2) is 0 Å². The second-order valence-electron chi connectivity index (χ2n) is 5.43. The van der Waals surface area contributed by atoms with E-state index < -0.39 is 0 Å². The highest BCUT2D eigenvalue weighted by Crippen LogP contribution is 2.23. The smallest absolute Gasteiger partial charge is 0.191 e. The summed E-state index contributed by atoms with van der Waals surface area (Å²) in [7, 11) is 0. The Kier molecular flexibility index (Phi) is 5.95. The lowest BCUT2D eigenvalue weighted by molar-refractivity contribution is 0.688. The van der Waals surface area contributed by atoms with E-state index in [4.69, 9.17) is 0 Å². The van der Waals surface area contributed by atoms with Crippen LogP contribution >= 0.6 is 11.8 Å². The van der Waals surface area contributed by atoms with Crippen LogP contribution < -0.4 is 0 Å². The molecule has 0 aliphatic carbocycles. The van der Waals surface area contributed by atoms with Gasteiger partial charge in [0.2, 0.25) is 0 Å². The van der Waals surface area contributed by atoms with Crippen molar-refractivity contribution in [2.45, 2.75) is 32.0 Å². The maximum atomic E-state index is 4.50. The molecule has 3 rings (SSSR count). The van der Waals surface area contributed by atoms with Crippen LogP contribution in [-0.4, -0.2) is 31.7 Å². The van der Waals surface area contributed by atoms with E-state index in [0.29, 0.717) is 0 Å². The van der Waals surface area contributed by atoms with Gasteiger partial charge in [0.15, 0.2) is 11.0 Å². The van der Waals surface area contributed by atoms with Crippen LogP contribution in [0.4, 0.5) is 5.69 Å². The summed E-state index contributed by atoms with van der Waals surface area (Å²) in [6.07, 6.45) is 6.54. The summed E-state index contributed by atoms with van der Waals surface area (Å²) in [6.45, 7) is 5.06. The van der Waals surface area contributed by atoms with Crippen LogP contribution in [0.3, 0.4) is 0 Å². The number of aromatic nitrogens is 4. The predicted octanol–water partition coefficient (Wildman–Crippen LogP) is 4.42. The average Bonchev–Trinajstić information content (AvgIpc) is 3.09. The summed E-state index contributed by atoms with van der Waals surface area (Å²) in [4.78, 5) is 8.66. The molecule has 0 spiro atoms. The lowest BCUT2D eigenvalue weighted by Gasteiger charge is -2.05. The third-order valence-electron chi connectivity index (χ3n) is 3.82. The van der Waals surface area contributed by atoms with E-state index in [0.717, 1.165) is 41.0 Å². The first-order valence-corrected chi connectivity index (χ1v) is 9.38. The highest BCUT2D eigenvalue weighted by atomic mass is 32.2. The van der Waals surface area contributed by atoms with Crippen LogP contribution in [0.25, 0.3) is 11.4 Å². The van der Waals surface area contributed by atoms with Crippen LogP contribution in [0.1, 0.15) is 19.4 Å². The van der Waals surface area contributed by atoms with E-state index in [1.54, 1.807) is 18.0 Å². The zero-order chi connectivity index (χ0) is 17.5. The van der Waals surface area contributed by atoms with Crippen molar-refractivity contribution in [2.75, 3.05) is 5.75 Å². The predicted molar refractivity (Wildman–Crippen MR) is 104 cm³/mol. The molecule has 6 heteroatoms. The molecule has 0 bridgehead atoms. The second-order valence-corrected chi connectivity index (χ2v) is 6.42. The topological polar surface area (TPSA) is 56.0 Å². The lowest BCUT2D eigenvalue weighted by Crippen LogP contribution is -2.00. The summed E-state index contributed by atoms with van der Waals surface area (Å²) in [5.74, 6) is 1.60. The Balaban J connectivity index is 1.65. The molecule has 0 N–H and O–H groups in total. The van der Waals surface area contributed by atoms with Gasteiger partial charge in [0.05, 0.1) is 5.69 Å². The number of aliphatic imine (C=N–C) groups is 1. The Morgan fingerprint density at radius 2 is 1.96 bits per heavy atom. The maximum absolute atomic E-state index is 4.50. The molecular formula is C19H21N5S. The molecule has 0 fully saturated rings. The largest absolute Gasteiger partial charge is 0.302 e. The lowest BCUT2D eigenvalue weighted by atomic mass is 10.2. The second kappa shape index (κ2) is 8.58. The van der Waals surface area contributed by atoms with E-state index in [9.17, 15) is 0 Å². The fraction of sp³-hybridized carbons (Fsp3) is 0.263. The molecule has 3 aromatic rings. The first-order valence-electron chi connectivity index (χ1n) is 8.39. The Bertz CT molecular complexity index is 825. The third kappa shape index (κ3) is 4.33. The van der Waals surface area contributed by atoms with Crippen molar-refractivity contribution in [2.24, 2.45) is 4.99 Å². The van der Waals surface area contributed by atoms with E-state index in [1.807, 2.05) is 24.5 Å². The van der Waals surface area contributed by atoms with Crippen LogP contribution in [0.2, 0.25) is 0 Å². The van der Waals surface area contributed by atoms with Gasteiger partial charge in [-0.1, -0.05) is 30.8 Å². The zero-order valence-electron chi connectivity index (χ0n) is 14.5. The summed E-state index contributed by atoms with van der Waals surface area (Å²) < 4.78 is 2.10. The molecule has 0 saturated heterocycles. The fourth-order valence-electron chi connectivity index (χ4n) is 2.46. The van der Waals surface area contributed by atoms with E-state index in [1.165, 1.54) is 5.56 Å². The van der Waals surface area contributed by atoms with E-state index >= 15 is 0 Å². The number of pyridine rings is 1. The molecule has 128 valence electrons. The number of hydrogen-bond acceptors (Lipinski definition) is 5. The van der Waals surface area contributed by atoms with Gasteiger partial charge in [-0.05, 0) is 43.2 Å². The molecule has 5 nitrogen and oxygen atoms in total. The summed E-state index contributed by atoms with van der Waals surface area (Å²) >= 11 is 1.63. The van der Waals surface area contributed by atoms with Crippen molar-refractivity contribution in [3.63, 3.8) is 0 Å². The molecule has 2 heterocycles. The number of benzene rings is 1. The van der Waals surface area contributed by atoms with Gasteiger partial charge in [0.1, 0.15) is 0 Å². The summed E-state index contributed by atoms with van der Waals surface area (Å²) in [6, 6.07) is 12.2. The molecule has 0 radical (unpaired) electrons. The molecule has 0 amide bonds. The van der Waals surface area contributed by atoms with Gasteiger partial charge in [-0.2, -0.15) is 0 Å². The van der Waals surface area contributed by atoms with Gasteiger partial charge < -0.3 is 4.57 Å². The molecule has 0 atom stereocenters. The van der Waals surface area contributed by atoms with Crippen molar-refractivity contribution in [3.05, 3.63) is 54.4 Å². The van der Waals surface area contributed by atoms with Crippen molar-refractivity contribution in [3.8, 4) is 11.4 Å². The summed E-state index contributed by atoms with van der Waals surface area (Å²) in [5.41, 5.74) is 3.28. The zero-order valence-corrected chi connectivity index (χ0v) is 15.3. The number of nitrogens with zero attached hydrogens (tertiary/aromatic N) is 5. The Morgan fingerprint density at radius 1 is 1.12 bits per heavy atom. The quantitative estimate of drug-likeness (QED) is 0.467. The molecular weight excluding hydrogens is 330 g/mol. The molecule has 0 unspecified atom stereocenters. The van der Waals surface area contributed by atoms with Gasteiger partial charge in [-0.15, -0.1) is 10.2 Å². The minimum atomic E-state index is 0.751. The average molecular weight is 351 g/mol. The number of hydrogen-bond donors (Lipinski definition) is 0. The van der Waals surface area contributed by atoms with Gasteiger partial charge in [-0.3, -0.25) is 9.98 Å². The van der Waals surface area contributed by atoms with Crippen LogP contribution in [0.15, 0.2) is 58.9 Å². The van der Waals surface area contributed by atoms with Crippen LogP contribution in [-0.2, 0) is 13.0 Å². The molecule has 1 aromatic carbocycles. The van der Waals surface area contributed by atoms with Gasteiger partial charge >= 0.3 is 0 Å². The maximum Gasteiger partial charge on any atom is 0.191 e. The van der Waals surface area contributed by atoms with Crippen molar-refractivity contribution in [1.82, 2.24) is 19.7 Å². The standard InChI is InChI=1S/C19H21N5S/c1-3-15-7-9-17(10-8-15)21-12-13-25-19-23-22-18(24(19)4-2)16-6-5-11-20-14-16/h5-12,14H,3-4,13H2,1-2H3. The molecule has 0 saturated carbocycles. The number of aryl methyl sites for hydroxylation is 1. The van der Waals surface area contributed by atoms with Crippen LogP contribution in [0.5, 0.6) is 0 Å². The highest BCUT2D eigenvalue weighted by Gasteiger charge is 2.12. The number of thioether (sulfide) groups is 1. The Labute approximate surface area is 152 Å². The van der Waals surface area contributed by atoms with E-state index in [-0.39, 0.29) is 0 Å². The molecule has 0 aliphatic rings. The fourth-order valence-corrected chi connectivity index (χ4v) is 3.23. The van der Waals surface area contributed by atoms with Crippen molar-refractivity contribution < 1.29 is 0 Å². The third-order valence-corrected chi connectivity index (χ3v) is 4.70. The van der Waals surface area contributed by atoms with E-state index in [2.05, 4.69) is 62.9 Å². The minimum absolute atomic E-state index is 0.751. The van der Waals surface area contributed by atoms with Crippen molar-refractivity contribution in [1.29, 1.82) is 0 Å². The Morgan fingerprint density at radius 3 is 2.64 bits per heavy atom. The summed E-state index contributed by atoms with van der Waals surface area (Å²) in [5, 5.41) is 9.54. The van der Waals surface area contributed by atoms with Gasteiger partial charge in [0.25, 0.3) is 0 Å². The SMILES string of the molecule is CCc1ccc(N=CCSc2nnc(-c3cccnc3)n2CC)cc1. The Hall–Kier alpha value is -2.47.